The first-order chi connectivity index (χ1) is 5.22. The largest absolute Gasteiger partial charge is 0.370 e. The van der Waals surface area contributed by atoms with Gasteiger partial charge in [0.2, 0.25) is 5.13 Å². The molecular formula is C5H8N4S2. The average Bonchev–Trinajstić information content (AvgIpc) is 2.34. The summed E-state index contributed by atoms with van der Waals surface area (Å²) in [5, 5.41) is 0.578. The molecule has 1 aromatic rings. The van der Waals surface area contributed by atoms with Crippen molar-refractivity contribution in [2.24, 2.45) is 16.5 Å². The highest BCUT2D eigenvalue weighted by atomic mass is 32.1. The Morgan fingerprint density at radius 1 is 1.73 bits per heavy atom. The van der Waals surface area contributed by atoms with Gasteiger partial charge in [-0.2, -0.15) is 17.6 Å². The molecule has 0 saturated carbocycles. The summed E-state index contributed by atoms with van der Waals surface area (Å²) in [5.74, 6) is 0.697. The standard InChI is InChI=1S/C5H8N4S2/c6-4(7)9-5-8-1-3(2-10)11-5/h1,10H,2H2,(H4,6,7,8,9). The van der Waals surface area contributed by atoms with E-state index in [2.05, 4.69) is 22.6 Å². The molecule has 0 aliphatic carbocycles. The Kier molecular flexibility index (Phi) is 2.72. The second-order valence-corrected chi connectivity index (χ2v) is 3.21. The summed E-state index contributed by atoms with van der Waals surface area (Å²) in [6, 6.07) is 0. The van der Waals surface area contributed by atoms with Crippen LogP contribution in [0.5, 0.6) is 0 Å². The second-order valence-electron chi connectivity index (χ2n) is 1.80. The number of nitrogens with two attached hydrogens (primary N) is 2. The predicted molar refractivity (Wildman–Crippen MR) is 50.3 cm³/mol. The number of guanidine groups is 1. The molecule has 0 fully saturated rings. The summed E-state index contributed by atoms with van der Waals surface area (Å²) in [4.78, 5) is 8.77. The normalized spacial score (nSPS) is 9.55. The van der Waals surface area contributed by atoms with Crippen LogP contribution >= 0.6 is 24.0 Å². The lowest BCUT2D eigenvalue weighted by Gasteiger charge is -1.85. The van der Waals surface area contributed by atoms with Crippen LogP contribution in [0, 0.1) is 0 Å². The molecule has 0 radical (unpaired) electrons. The van der Waals surface area contributed by atoms with Crippen LogP contribution in [-0.2, 0) is 5.75 Å². The molecule has 1 aromatic heterocycles. The lowest BCUT2D eigenvalue weighted by molar-refractivity contribution is 1.31. The number of rotatable bonds is 2. The second kappa shape index (κ2) is 3.59. The molecule has 1 rings (SSSR count). The van der Waals surface area contributed by atoms with Gasteiger partial charge in [0.05, 0.1) is 0 Å². The van der Waals surface area contributed by atoms with Crippen molar-refractivity contribution in [2.45, 2.75) is 5.75 Å². The molecule has 0 spiro atoms. The molecule has 4 N–H and O–H groups in total. The predicted octanol–water partition coefficient (Wildman–Crippen LogP) is 0.478. The van der Waals surface area contributed by atoms with Gasteiger partial charge in [-0.1, -0.05) is 11.3 Å². The molecule has 0 amide bonds. The molecule has 0 aromatic carbocycles. The van der Waals surface area contributed by atoms with Gasteiger partial charge in [0.1, 0.15) is 0 Å². The minimum atomic E-state index is 0.0325. The van der Waals surface area contributed by atoms with Crippen LogP contribution < -0.4 is 11.5 Å². The van der Waals surface area contributed by atoms with E-state index in [0.717, 1.165) is 4.88 Å². The minimum Gasteiger partial charge on any atom is -0.370 e. The van der Waals surface area contributed by atoms with Gasteiger partial charge in [-0.15, -0.1) is 0 Å². The third kappa shape index (κ3) is 2.39. The number of thiazole rings is 1. The van der Waals surface area contributed by atoms with E-state index in [1.807, 2.05) is 0 Å². The van der Waals surface area contributed by atoms with Gasteiger partial charge in [-0.05, 0) is 0 Å². The average molecular weight is 188 g/mol. The molecule has 0 bridgehead atoms. The van der Waals surface area contributed by atoms with Crippen molar-refractivity contribution in [2.75, 3.05) is 0 Å². The van der Waals surface area contributed by atoms with Crippen LogP contribution in [0.4, 0.5) is 5.13 Å². The molecule has 0 unspecified atom stereocenters. The van der Waals surface area contributed by atoms with Crippen LogP contribution in [0.1, 0.15) is 4.88 Å². The number of aromatic nitrogens is 1. The van der Waals surface area contributed by atoms with Gasteiger partial charge < -0.3 is 11.5 Å². The van der Waals surface area contributed by atoms with Gasteiger partial charge in [0, 0.05) is 16.8 Å². The van der Waals surface area contributed by atoms with Gasteiger partial charge in [-0.3, -0.25) is 0 Å². The Balaban J connectivity index is 2.81. The summed E-state index contributed by atoms with van der Waals surface area (Å²) in [7, 11) is 0. The Morgan fingerprint density at radius 3 is 2.91 bits per heavy atom. The summed E-state index contributed by atoms with van der Waals surface area (Å²) in [6.45, 7) is 0. The van der Waals surface area contributed by atoms with E-state index in [4.69, 9.17) is 11.5 Å². The first-order valence-corrected chi connectivity index (χ1v) is 4.32. The Labute approximate surface area is 73.8 Å². The maximum atomic E-state index is 5.15. The molecule has 4 nitrogen and oxygen atoms in total. The molecule has 60 valence electrons. The number of aliphatic imine (C=N–C) groups is 1. The van der Waals surface area contributed by atoms with Gasteiger partial charge in [-0.25, -0.2) is 4.98 Å². The monoisotopic (exact) mass is 188 g/mol. The van der Waals surface area contributed by atoms with Crippen LogP contribution in [0.3, 0.4) is 0 Å². The number of nitrogens with zero attached hydrogens (tertiary/aromatic N) is 2. The van der Waals surface area contributed by atoms with Crippen molar-refractivity contribution in [3.05, 3.63) is 11.1 Å². The zero-order valence-corrected chi connectivity index (χ0v) is 7.40. The molecule has 0 aliphatic rings. The molecule has 11 heavy (non-hydrogen) atoms. The van der Waals surface area contributed by atoms with Crippen molar-refractivity contribution in [1.82, 2.24) is 4.98 Å². The third-order valence-electron chi connectivity index (χ3n) is 0.922. The lowest BCUT2D eigenvalue weighted by Crippen LogP contribution is -2.21. The van der Waals surface area contributed by atoms with Crippen molar-refractivity contribution in [1.29, 1.82) is 0 Å². The zero-order valence-electron chi connectivity index (χ0n) is 5.69. The number of hydrogen-bond acceptors (Lipinski definition) is 4. The molecule has 0 saturated heterocycles. The van der Waals surface area contributed by atoms with Crippen molar-refractivity contribution >= 4 is 35.1 Å². The smallest absolute Gasteiger partial charge is 0.212 e. The highest BCUT2D eigenvalue weighted by Gasteiger charge is 1.97. The molecular weight excluding hydrogens is 180 g/mol. The van der Waals surface area contributed by atoms with E-state index in [1.54, 1.807) is 6.20 Å². The minimum absolute atomic E-state index is 0.0325. The summed E-state index contributed by atoms with van der Waals surface area (Å²) < 4.78 is 0. The van der Waals surface area contributed by atoms with E-state index >= 15 is 0 Å². The highest BCUT2D eigenvalue weighted by molar-refractivity contribution is 7.79. The first kappa shape index (κ1) is 8.35. The van der Waals surface area contributed by atoms with E-state index in [0.29, 0.717) is 10.9 Å². The quantitative estimate of drug-likeness (QED) is 0.359. The Morgan fingerprint density at radius 2 is 2.45 bits per heavy atom. The van der Waals surface area contributed by atoms with Crippen LogP contribution in [0.2, 0.25) is 0 Å². The van der Waals surface area contributed by atoms with E-state index in [9.17, 15) is 0 Å². The topological polar surface area (TPSA) is 77.3 Å². The third-order valence-corrected chi connectivity index (χ3v) is 2.37. The fraction of sp³-hybridized carbons (Fsp3) is 0.200. The summed E-state index contributed by atoms with van der Waals surface area (Å²) in [6.07, 6.45) is 1.71. The lowest BCUT2D eigenvalue weighted by atomic mass is 10.6. The van der Waals surface area contributed by atoms with Crippen LogP contribution in [-0.4, -0.2) is 10.9 Å². The first-order valence-electron chi connectivity index (χ1n) is 2.87. The molecule has 6 heteroatoms. The SMILES string of the molecule is NC(N)=Nc1ncc(CS)s1. The highest BCUT2D eigenvalue weighted by Crippen LogP contribution is 2.21. The fourth-order valence-electron chi connectivity index (χ4n) is 0.532. The van der Waals surface area contributed by atoms with Gasteiger partial charge in [0.15, 0.2) is 5.96 Å². The maximum Gasteiger partial charge on any atom is 0.212 e. The summed E-state index contributed by atoms with van der Waals surface area (Å²) >= 11 is 5.50. The van der Waals surface area contributed by atoms with E-state index < -0.39 is 0 Å². The summed E-state index contributed by atoms with van der Waals surface area (Å²) in [5.41, 5.74) is 10.3. The molecule has 0 atom stereocenters. The Hall–Kier alpha value is -0.750. The van der Waals surface area contributed by atoms with Crippen molar-refractivity contribution in [3.8, 4) is 0 Å². The van der Waals surface area contributed by atoms with Gasteiger partial charge in [0.25, 0.3) is 0 Å². The number of hydrogen-bond donors (Lipinski definition) is 3. The molecule has 0 aliphatic heterocycles. The van der Waals surface area contributed by atoms with Crippen LogP contribution in [0.25, 0.3) is 0 Å². The van der Waals surface area contributed by atoms with E-state index in [-0.39, 0.29) is 5.96 Å². The zero-order chi connectivity index (χ0) is 8.27. The van der Waals surface area contributed by atoms with Crippen molar-refractivity contribution in [3.63, 3.8) is 0 Å². The van der Waals surface area contributed by atoms with E-state index in [1.165, 1.54) is 11.3 Å². The number of thiol groups is 1. The van der Waals surface area contributed by atoms with Gasteiger partial charge >= 0.3 is 0 Å². The molecule has 1 heterocycles. The maximum absolute atomic E-state index is 5.15. The Bertz CT molecular complexity index is 263. The fourth-order valence-corrected chi connectivity index (χ4v) is 1.47. The van der Waals surface area contributed by atoms with Crippen LogP contribution in [0.15, 0.2) is 11.2 Å². The van der Waals surface area contributed by atoms with Crippen molar-refractivity contribution < 1.29 is 0 Å².